The van der Waals surface area contributed by atoms with Crippen LogP contribution in [0.1, 0.15) is 11.3 Å². The third-order valence-corrected chi connectivity index (χ3v) is 3.99. The van der Waals surface area contributed by atoms with Crippen molar-refractivity contribution < 1.29 is 14.3 Å². The van der Waals surface area contributed by atoms with Crippen molar-refractivity contribution >= 4 is 17.7 Å². The maximum atomic E-state index is 12.3. The van der Waals surface area contributed by atoms with E-state index in [2.05, 4.69) is 10.4 Å². The molecular formula is C21H21N3O3. The number of hydrogen-bond acceptors (Lipinski definition) is 4. The van der Waals surface area contributed by atoms with Crippen LogP contribution in [-0.4, -0.2) is 29.9 Å². The van der Waals surface area contributed by atoms with Gasteiger partial charge in [-0.05, 0) is 55.0 Å². The summed E-state index contributed by atoms with van der Waals surface area (Å²) < 4.78 is 12.3. The van der Waals surface area contributed by atoms with E-state index in [-0.39, 0.29) is 5.91 Å². The molecule has 1 N–H and O–H groups in total. The average Bonchev–Trinajstić information content (AvgIpc) is 3.12. The number of aromatic nitrogens is 2. The predicted octanol–water partition coefficient (Wildman–Crippen LogP) is 3.85. The molecule has 0 saturated heterocycles. The monoisotopic (exact) mass is 363 g/mol. The molecule has 0 atom stereocenters. The van der Waals surface area contributed by atoms with Crippen molar-refractivity contribution in [3.05, 3.63) is 72.1 Å². The molecule has 2 aromatic carbocycles. The topological polar surface area (TPSA) is 65.4 Å². The van der Waals surface area contributed by atoms with Gasteiger partial charge in [-0.2, -0.15) is 5.10 Å². The zero-order valence-electron chi connectivity index (χ0n) is 15.5. The van der Waals surface area contributed by atoms with Gasteiger partial charge in [-0.3, -0.25) is 4.79 Å². The lowest BCUT2D eigenvalue weighted by Crippen LogP contribution is -2.08. The first-order chi connectivity index (χ1) is 13.1. The van der Waals surface area contributed by atoms with E-state index in [9.17, 15) is 4.79 Å². The number of aryl methyl sites for hydroxylation is 1. The number of anilines is 1. The molecule has 0 bridgehead atoms. The van der Waals surface area contributed by atoms with Crippen molar-refractivity contribution in [2.75, 3.05) is 19.5 Å². The summed E-state index contributed by atoms with van der Waals surface area (Å²) >= 11 is 0. The van der Waals surface area contributed by atoms with Gasteiger partial charge < -0.3 is 14.8 Å². The van der Waals surface area contributed by atoms with E-state index in [4.69, 9.17) is 9.47 Å². The average molecular weight is 363 g/mol. The van der Waals surface area contributed by atoms with Crippen molar-refractivity contribution in [1.82, 2.24) is 9.78 Å². The maximum absolute atomic E-state index is 12.3. The Morgan fingerprint density at radius 3 is 2.44 bits per heavy atom. The Labute approximate surface area is 158 Å². The minimum absolute atomic E-state index is 0.230. The van der Waals surface area contributed by atoms with Gasteiger partial charge in [0, 0.05) is 29.7 Å². The summed E-state index contributed by atoms with van der Waals surface area (Å²) in [5, 5.41) is 7.14. The summed E-state index contributed by atoms with van der Waals surface area (Å²) in [5.41, 5.74) is 3.41. The number of amides is 1. The number of benzene rings is 2. The van der Waals surface area contributed by atoms with Crippen LogP contribution in [0.3, 0.4) is 0 Å². The third-order valence-electron chi connectivity index (χ3n) is 3.99. The minimum atomic E-state index is -0.230. The van der Waals surface area contributed by atoms with Gasteiger partial charge in [0.05, 0.1) is 19.9 Å². The summed E-state index contributed by atoms with van der Waals surface area (Å²) in [6, 6.07) is 14.9. The SMILES string of the molecule is COc1cc(/C=C/C(=O)Nc2cccc(-n3nccc3C)c2)cc(OC)c1. The zero-order chi connectivity index (χ0) is 19.2. The Morgan fingerprint density at radius 1 is 1.07 bits per heavy atom. The molecule has 0 aliphatic rings. The van der Waals surface area contributed by atoms with Gasteiger partial charge in [-0.15, -0.1) is 0 Å². The summed E-state index contributed by atoms with van der Waals surface area (Å²) in [5.74, 6) is 1.10. The molecule has 6 nitrogen and oxygen atoms in total. The van der Waals surface area contributed by atoms with Crippen LogP contribution in [0.4, 0.5) is 5.69 Å². The van der Waals surface area contributed by atoms with Crippen LogP contribution in [-0.2, 0) is 4.79 Å². The molecule has 1 heterocycles. The lowest BCUT2D eigenvalue weighted by atomic mass is 10.2. The highest BCUT2D eigenvalue weighted by Crippen LogP contribution is 2.23. The summed E-state index contributed by atoms with van der Waals surface area (Å²) in [6.45, 7) is 1.98. The van der Waals surface area contributed by atoms with Crippen molar-refractivity contribution in [1.29, 1.82) is 0 Å². The van der Waals surface area contributed by atoms with E-state index in [0.29, 0.717) is 17.2 Å². The maximum Gasteiger partial charge on any atom is 0.248 e. The van der Waals surface area contributed by atoms with Crippen LogP contribution >= 0.6 is 0 Å². The van der Waals surface area contributed by atoms with Gasteiger partial charge in [0.1, 0.15) is 11.5 Å². The van der Waals surface area contributed by atoms with Gasteiger partial charge in [0.15, 0.2) is 0 Å². The number of carbonyl (C=O) groups is 1. The Balaban J connectivity index is 1.73. The smallest absolute Gasteiger partial charge is 0.248 e. The van der Waals surface area contributed by atoms with Crippen LogP contribution < -0.4 is 14.8 Å². The number of carbonyl (C=O) groups excluding carboxylic acids is 1. The number of nitrogens with zero attached hydrogens (tertiary/aromatic N) is 2. The Hall–Kier alpha value is -3.54. The number of methoxy groups -OCH3 is 2. The van der Waals surface area contributed by atoms with Crippen LogP contribution in [0.5, 0.6) is 11.5 Å². The minimum Gasteiger partial charge on any atom is -0.497 e. The molecule has 1 aromatic heterocycles. The van der Waals surface area contributed by atoms with Gasteiger partial charge >= 0.3 is 0 Å². The Morgan fingerprint density at radius 2 is 1.81 bits per heavy atom. The van der Waals surface area contributed by atoms with Gasteiger partial charge in [0.2, 0.25) is 5.91 Å². The molecule has 6 heteroatoms. The molecule has 0 unspecified atom stereocenters. The fourth-order valence-corrected chi connectivity index (χ4v) is 2.64. The molecule has 3 aromatic rings. The first-order valence-electron chi connectivity index (χ1n) is 8.42. The molecule has 1 amide bonds. The first kappa shape index (κ1) is 18.3. The molecule has 3 rings (SSSR count). The molecular weight excluding hydrogens is 342 g/mol. The second-order valence-electron chi connectivity index (χ2n) is 5.90. The second-order valence-corrected chi connectivity index (χ2v) is 5.90. The van der Waals surface area contributed by atoms with Gasteiger partial charge in [0.25, 0.3) is 0 Å². The van der Waals surface area contributed by atoms with Crippen molar-refractivity contribution in [3.8, 4) is 17.2 Å². The molecule has 0 aliphatic heterocycles. The fourth-order valence-electron chi connectivity index (χ4n) is 2.64. The number of hydrogen-bond donors (Lipinski definition) is 1. The van der Waals surface area contributed by atoms with E-state index in [1.54, 1.807) is 32.6 Å². The predicted molar refractivity (Wildman–Crippen MR) is 106 cm³/mol. The third kappa shape index (κ3) is 4.55. The highest BCUT2D eigenvalue weighted by Gasteiger charge is 2.04. The Kier molecular flexibility index (Phi) is 5.56. The Bertz CT molecular complexity index is 954. The lowest BCUT2D eigenvalue weighted by Gasteiger charge is -2.08. The van der Waals surface area contributed by atoms with Crippen molar-refractivity contribution in [3.63, 3.8) is 0 Å². The molecule has 0 aliphatic carbocycles. The van der Waals surface area contributed by atoms with E-state index in [1.807, 2.05) is 54.1 Å². The lowest BCUT2D eigenvalue weighted by molar-refractivity contribution is -0.111. The van der Waals surface area contributed by atoms with Crippen LogP contribution in [0.15, 0.2) is 60.8 Å². The standard InChI is InChI=1S/C21H21N3O3/c1-15-9-10-22-24(15)18-6-4-5-17(13-18)23-21(25)8-7-16-11-19(26-2)14-20(12-16)27-3/h4-14H,1-3H3,(H,23,25)/b8-7+. The number of ether oxygens (including phenoxy) is 2. The fraction of sp³-hybridized carbons (Fsp3) is 0.143. The van der Waals surface area contributed by atoms with Gasteiger partial charge in [-0.1, -0.05) is 6.07 Å². The highest BCUT2D eigenvalue weighted by molar-refractivity contribution is 6.02. The quantitative estimate of drug-likeness (QED) is 0.676. The largest absolute Gasteiger partial charge is 0.497 e. The summed E-state index contributed by atoms with van der Waals surface area (Å²) in [7, 11) is 3.17. The van der Waals surface area contributed by atoms with Crippen LogP contribution in [0.25, 0.3) is 11.8 Å². The second kappa shape index (κ2) is 8.23. The van der Waals surface area contributed by atoms with E-state index in [1.165, 1.54) is 6.08 Å². The van der Waals surface area contributed by atoms with E-state index >= 15 is 0 Å². The number of nitrogens with one attached hydrogen (secondary N) is 1. The first-order valence-corrected chi connectivity index (χ1v) is 8.42. The summed E-state index contributed by atoms with van der Waals surface area (Å²) in [4.78, 5) is 12.3. The normalized spacial score (nSPS) is 10.8. The molecule has 0 spiro atoms. The summed E-state index contributed by atoms with van der Waals surface area (Å²) in [6.07, 6.45) is 4.92. The van der Waals surface area contributed by atoms with E-state index in [0.717, 1.165) is 16.9 Å². The molecule has 27 heavy (non-hydrogen) atoms. The van der Waals surface area contributed by atoms with Gasteiger partial charge in [-0.25, -0.2) is 4.68 Å². The highest BCUT2D eigenvalue weighted by atomic mass is 16.5. The van der Waals surface area contributed by atoms with Crippen LogP contribution in [0, 0.1) is 6.92 Å². The molecule has 0 fully saturated rings. The zero-order valence-corrected chi connectivity index (χ0v) is 15.5. The van der Waals surface area contributed by atoms with Crippen molar-refractivity contribution in [2.24, 2.45) is 0 Å². The van der Waals surface area contributed by atoms with Crippen LogP contribution in [0.2, 0.25) is 0 Å². The number of rotatable bonds is 6. The molecule has 0 saturated carbocycles. The molecule has 0 radical (unpaired) electrons. The van der Waals surface area contributed by atoms with Crippen molar-refractivity contribution in [2.45, 2.75) is 6.92 Å². The molecule has 138 valence electrons. The van der Waals surface area contributed by atoms with E-state index < -0.39 is 0 Å².